The molecular formula is H5NO3Si2. The molecule has 4 nitrogen and oxygen atoms in total. The summed E-state index contributed by atoms with van der Waals surface area (Å²) in [4.78, 5) is 0. The number of hydrogen-bond acceptors (Lipinski definition) is 4. The molecule has 2 N–H and O–H groups in total. The molecule has 0 radical (unpaired) electrons. The van der Waals surface area contributed by atoms with E-state index in [1.165, 1.54) is 0 Å². The summed E-state index contributed by atoms with van der Waals surface area (Å²) in [6.45, 7) is 0. The van der Waals surface area contributed by atoms with Crippen LogP contribution in [0.25, 0.3) is 0 Å². The number of hydrogen-bond donors (Lipinski definition) is 1. The van der Waals surface area contributed by atoms with Crippen LogP contribution < -0.4 is 5.90 Å². The quantitative estimate of drug-likeness (QED) is 0.313. The normalized spacial score (nSPS) is 36.5. The van der Waals surface area contributed by atoms with Crippen molar-refractivity contribution in [2.75, 3.05) is 0 Å². The maximum Gasteiger partial charge on any atom is 0.482 e. The third-order valence-corrected chi connectivity index (χ3v) is 4.01. The van der Waals surface area contributed by atoms with Crippen LogP contribution >= 0.6 is 0 Å². The molecule has 0 spiro atoms. The van der Waals surface area contributed by atoms with Crippen molar-refractivity contribution in [3.8, 4) is 0 Å². The maximum atomic E-state index is 4.79. The van der Waals surface area contributed by atoms with Gasteiger partial charge < -0.3 is 8.23 Å². The van der Waals surface area contributed by atoms with Gasteiger partial charge in [-0.15, -0.1) is 0 Å². The summed E-state index contributed by atoms with van der Waals surface area (Å²) in [5, 5.41) is 0. The molecule has 36 valence electrons. The van der Waals surface area contributed by atoms with E-state index >= 15 is 0 Å². The highest BCUT2D eigenvalue weighted by atomic mass is 28.5. The lowest BCUT2D eigenvalue weighted by Crippen LogP contribution is -2.43. The lowest BCUT2D eigenvalue weighted by Gasteiger charge is -2.21. The molecule has 1 fully saturated rings. The highest BCUT2D eigenvalue weighted by molar-refractivity contribution is 6.59. The molecule has 0 saturated carbocycles. The largest absolute Gasteiger partial charge is 0.482 e. The van der Waals surface area contributed by atoms with Gasteiger partial charge in [-0.25, -0.2) is 5.90 Å². The van der Waals surface area contributed by atoms with Crippen LogP contribution in [0.2, 0.25) is 0 Å². The molecule has 1 aliphatic heterocycles. The summed E-state index contributed by atoms with van der Waals surface area (Å²) in [6.07, 6.45) is 0. The van der Waals surface area contributed by atoms with Crippen molar-refractivity contribution >= 4 is 19.5 Å². The standard InChI is InChI=1S/H5NO3Si2/c1-2-6-3-5-4-6/h6H,1,5H2. The Bertz CT molecular complexity index is 41.3. The van der Waals surface area contributed by atoms with E-state index in [-0.39, 0.29) is 0 Å². The molecule has 1 heterocycles. The molecule has 0 unspecified atom stereocenters. The van der Waals surface area contributed by atoms with E-state index in [4.69, 9.17) is 8.23 Å². The molecule has 0 aliphatic carbocycles. The van der Waals surface area contributed by atoms with Gasteiger partial charge in [0.1, 0.15) is 0 Å². The van der Waals surface area contributed by atoms with Crippen LogP contribution in [0.4, 0.5) is 0 Å². The van der Waals surface area contributed by atoms with Crippen LogP contribution in [-0.4, -0.2) is 19.5 Å². The van der Waals surface area contributed by atoms with Crippen molar-refractivity contribution in [2.45, 2.75) is 0 Å². The third kappa shape index (κ3) is 0.669. The fraction of sp³-hybridized carbons (Fsp3) is 0. The summed E-state index contributed by atoms with van der Waals surface area (Å²) in [5.74, 6) is 4.67. The first-order valence-electron chi connectivity index (χ1n) is 1.52. The van der Waals surface area contributed by atoms with Crippen molar-refractivity contribution in [3.05, 3.63) is 0 Å². The predicted molar refractivity (Wildman–Crippen MR) is 23.1 cm³/mol. The molecule has 0 aromatic rings. The third-order valence-electron chi connectivity index (χ3n) is 0.519. The van der Waals surface area contributed by atoms with Gasteiger partial charge in [-0.3, -0.25) is 4.53 Å². The summed E-state index contributed by atoms with van der Waals surface area (Å²) < 4.78 is 13.8. The fourth-order valence-corrected chi connectivity index (χ4v) is 1.82. The van der Waals surface area contributed by atoms with Gasteiger partial charge in [0.05, 0.1) is 0 Å². The second-order valence-corrected chi connectivity index (χ2v) is 4.63. The molecule has 1 saturated heterocycles. The van der Waals surface area contributed by atoms with Gasteiger partial charge in [-0.05, 0) is 0 Å². The Morgan fingerprint density at radius 1 is 1.67 bits per heavy atom. The lowest BCUT2D eigenvalue weighted by atomic mass is 13.6. The summed E-state index contributed by atoms with van der Waals surface area (Å²) in [5.41, 5.74) is 0. The second-order valence-electron chi connectivity index (χ2n) is 0.876. The van der Waals surface area contributed by atoms with E-state index < -0.39 is 19.5 Å². The van der Waals surface area contributed by atoms with E-state index in [2.05, 4.69) is 10.4 Å². The van der Waals surface area contributed by atoms with Crippen molar-refractivity contribution in [2.24, 2.45) is 5.90 Å². The molecule has 1 rings (SSSR count). The molecule has 6 heavy (non-hydrogen) atoms. The fourth-order valence-electron chi connectivity index (χ4n) is 0.202. The van der Waals surface area contributed by atoms with Gasteiger partial charge >= 0.3 is 9.53 Å². The van der Waals surface area contributed by atoms with Crippen LogP contribution in [0.5, 0.6) is 0 Å². The first kappa shape index (κ1) is 4.43. The summed E-state index contributed by atoms with van der Waals surface area (Å²) >= 11 is 0. The second kappa shape index (κ2) is 1.82. The van der Waals surface area contributed by atoms with E-state index in [1.54, 1.807) is 0 Å². The zero-order valence-corrected chi connectivity index (χ0v) is 5.66. The number of nitrogens with two attached hydrogens (primary N) is 1. The van der Waals surface area contributed by atoms with Crippen LogP contribution in [0, 0.1) is 0 Å². The molecule has 1 aliphatic rings. The smallest absolute Gasteiger partial charge is 0.400 e. The Kier molecular flexibility index (Phi) is 1.35. The molecule has 0 aromatic heterocycles. The van der Waals surface area contributed by atoms with Gasteiger partial charge in [-0.1, -0.05) is 0 Å². The minimum absolute atomic E-state index is 0.597. The predicted octanol–water partition coefficient (Wildman–Crippen LogP) is -2.36. The molecule has 0 aromatic carbocycles. The van der Waals surface area contributed by atoms with Crippen molar-refractivity contribution in [3.63, 3.8) is 0 Å². The van der Waals surface area contributed by atoms with Crippen LogP contribution in [0.15, 0.2) is 0 Å². The first-order chi connectivity index (χ1) is 2.93. The van der Waals surface area contributed by atoms with Crippen LogP contribution in [0.1, 0.15) is 0 Å². The van der Waals surface area contributed by atoms with Crippen molar-refractivity contribution in [1.82, 2.24) is 0 Å². The van der Waals surface area contributed by atoms with Gasteiger partial charge in [0.25, 0.3) is 10.0 Å². The molecule has 0 amide bonds. The molecule has 0 bridgehead atoms. The minimum Gasteiger partial charge on any atom is -0.400 e. The molecule has 0 atom stereocenters. The Morgan fingerprint density at radius 2 is 2.33 bits per heavy atom. The van der Waals surface area contributed by atoms with Gasteiger partial charge in [-0.2, -0.15) is 0 Å². The zero-order valence-electron chi connectivity index (χ0n) is 3.09. The lowest BCUT2D eigenvalue weighted by molar-refractivity contribution is 0.149. The highest BCUT2D eigenvalue weighted by Gasteiger charge is 2.22. The minimum atomic E-state index is -1.64. The average molecular weight is 123 g/mol. The Morgan fingerprint density at radius 3 is 2.33 bits per heavy atom. The Labute approximate surface area is 39.2 Å². The maximum absolute atomic E-state index is 4.79. The number of rotatable bonds is 1. The molecule has 6 heteroatoms. The van der Waals surface area contributed by atoms with Crippen molar-refractivity contribution < 1.29 is 12.8 Å². The Hall–Kier alpha value is 0.274. The summed E-state index contributed by atoms with van der Waals surface area (Å²) in [7, 11) is -2.24. The highest BCUT2D eigenvalue weighted by Crippen LogP contribution is 1.95. The van der Waals surface area contributed by atoms with E-state index in [9.17, 15) is 0 Å². The summed E-state index contributed by atoms with van der Waals surface area (Å²) in [6, 6.07) is 0. The SMILES string of the molecule is NO[SiH]1O[SiH2]O1. The van der Waals surface area contributed by atoms with E-state index in [1.807, 2.05) is 0 Å². The van der Waals surface area contributed by atoms with Gasteiger partial charge in [0, 0.05) is 0 Å². The first-order valence-corrected chi connectivity index (χ1v) is 4.09. The van der Waals surface area contributed by atoms with Crippen LogP contribution in [-0.2, 0) is 12.8 Å². The van der Waals surface area contributed by atoms with Crippen LogP contribution in [0.3, 0.4) is 0 Å². The molecular weight excluding hydrogens is 118 g/mol. The monoisotopic (exact) mass is 123 g/mol. The Balaban J connectivity index is 2.01. The van der Waals surface area contributed by atoms with E-state index in [0.29, 0.717) is 0 Å². The van der Waals surface area contributed by atoms with Crippen molar-refractivity contribution in [1.29, 1.82) is 0 Å². The topological polar surface area (TPSA) is 53.7 Å². The van der Waals surface area contributed by atoms with Gasteiger partial charge in [0.2, 0.25) is 0 Å². The van der Waals surface area contributed by atoms with Gasteiger partial charge in [0.15, 0.2) is 0 Å². The van der Waals surface area contributed by atoms with E-state index in [0.717, 1.165) is 0 Å². The average Bonchev–Trinajstić information content (AvgIpc) is 1.31. The zero-order chi connectivity index (χ0) is 4.41.